The summed E-state index contributed by atoms with van der Waals surface area (Å²) in [5.74, 6) is -2.45. The molecule has 21 heavy (non-hydrogen) atoms. The van der Waals surface area contributed by atoms with Gasteiger partial charge in [-0.25, -0.2) is 4.39 Å². The number of alkyl halides is 3. The molecule has 0 spiro atoms. The van der Waals surface area contributed by atoms with Gasteiger partial charge in [0.15, 0.2) is 0 Å². The standard InChI is InChI=1S/C13H8BrF4NOS/c14-10-5-4-7(21-10)6-19-12(20)8-2-1-3-9(11(8)15)13(16,17)18/h1-5H,6H2,(H,19,20). The van der Waals surface area contributed by atoms with Crippen LogP contribution < -0.4 is 5.32 Å². The molecular weight excluding hydrogens is 374 g/mol. The number of hydrogen-bond acceptors (Lipinski definition) is 2. The van der Waals surface area contributed by atoms with Gasteiger partial charge < -0.3 is 5.32 Å². The van der Waals surface area contributed by atoms with Gasteiger partial charge in [0, 0.05) is 4.88 Å². The molecular formula is C13H8BrF4NOS. The first kappa shape index (κ1) is 16.0. The zero-order chi connectivity index (χ0) is 15.6. The summed E-state index contributed by atoms with van der Waals surface area (Å²) in [4.78, 5) is 12.6. The van der Waals surface area contributed by atoms with Crippen LogP contribution in [0.4, 0.5) is 17.6 Å². The lowest BCUT2D eigenvalue weighted by Gasteiger charge is -2.11. The van der Waals surface area contributed by atoms with E-state index in [-0.39, 0.29) is 6.54 Å². The lowest BCUT2D eigenvalue weighted by atomic mass is 10.1. The lowest BCUT2D eigenvalue weighted by Crippen LogP contribution is -2.24. The molecule has 0 bridgehead atoms. The van der Waals surface area contributed by atoms with Crippen molar-refractivity contribution in [3.05, 3.63) is 55.9 Å². The fourth-order valence-corrected chi connectivity index (χ4v) is 3.06. The number of rotatable bonds is 3. The van der Waals surface area contributed by atoms with E-state index in [1.54, 1.807) is 12.1 Å². The number of amides is 1. The molecule has 8 heteroatoms. The van der Waals surface area contributed by atoms with Gasteiger partial charge in [0.25, 0.3) is 5.91 Å². The van der Waals surface area contributed by atoms with Gasteiger partial charge in [-0.2, -0.15) is 13.2 Å². The highest BCUT2D eigenvalue weighted by Gasteiger charge is 2.35. The zero-order valence-corrected chi connectivity index (χ0v) is 12.7. The summed E-state index contributed by atoms with van der Waals surface area (Å²) in [6.45, 7) is 0.116. The van der Waals surface area contributed by atoms with Crippen LogP contribution in [0.25, 0.3) is 0 Å². The summed E-state index contributed by atoms with van der Waals surface area (Å²) in [7, 11) is 0. The maximum atomic E-state index is 13.8. The highest BCUT2D eigenvalue weighted by Crippen LogP contribution is 2.32. The van der Waals surface area contributed by atoms with Crippen molar-refractivity contribution in [3.8, 4) is 0 Å². The van der Waals surface area contributed by atoms with Crippen LogP contribution in [-0.4, -0.2) is 5.91 Å². The van der Waals surface area contributed by atoms with E-state index < -0.39 is 29.0 Å². The van der Waals surface area contributed by atoms with Crippen molar-refractivity contribution in [1.29, 1.82) is 0 Å². The fourth-order valence-electron chi connectivity index (χ4n) is 1.64. The highest BCUT2D eigenvalue weighted by atomic mass is 79.9. The van der Waals surface area contributed by atoms with Gasteiger partial charge in [0.1, 0.15) is 5.82 Å². The molecule has 1 N–H and O–H groups in total. The predicted molar refractivity (Wildman–Crippen MR) is 74.6 cm³/mol. The maximum absolute atomic E-state index is 13.8. The summed E-state index contributed by atoms with van der Waals surface area (Å²) in [5.41, 5.74) is -2.07. The van der Waals surface area contributed by atoms with Gasteiger partial charge in [0.05, 0.1) is 21.5 Å². The zero-order valence-electron chi connectivity index (χ0n) is 10.3. The maximum Gasteiger partial charge on any atom is 0.419 e. The van der Waals surface area contributed by atoms with Crippen LogP contribution in [0.5, 0.6) is 0 Å². The monoisotopic (exact) mass is 381 g/mol. The summed E-state index contributed by atoms with van der Waals surface area (Å²) in [6, 6.07) is 6.14. The molecule has 0 unspecified atom stereocenters. The Balaban J connectivity index is 2.16. The molecule has 2 nitrogen and oxygen atoms in total. The minimum atomic E-state index is -4.83. The third-order valence-electron chi connectivity index (χ3n) is 2.60. The first-order valence-electron chi connectivity index (χ1n) is 5.67. The van der Waals surface area contributed by atoms with Gasteiger partial charge in [-0.05, 0) is 40.2 Å². The van der Waals surface area contributed by atoms with Crippen molar-refractivity contribution in [2.24, 2.45) is 0 Å². The predicted octanol–water partition coefficient (Wildman–Crippen LogP) is 4.60. The van der Waals surface area contributed by atoms with Crippen LogP contribution >= 0.6 is 27.3 Å². The van der Waals surface area contributed by atoms with Crippen molar-refractivity contribution in [2.75, 3.05) is 0 Å². The summed E-state index contributed by atoms with van der Waals surface area (Å²) >= 11 is 4.61. The van der Waals surface area contributed by atoms with Gasteiger partial charge in [-0.15, -0.1) is 11.3 Å². The number of nitrogens with one attached hydrogen (secondary N) is 1. The smallest absolute Gasteiger partial charge is 0.347 e. The van der Waals surface area contributed by atoms with Crippen molar-refractivity contribution in [2.45, 2.75) is 12.7 Å². The molecule has 1 heterocycles. The molecule has 1 aromatic carbocycles. The largest absolute Gasteiger partial charge is 0.419 e. The first-order valence-corrected chi connectivity index (χ1v) is 7.28. The number of benzene rings is 1. The van der Waals surface area contributed by atoms with Crippen LogP contribution in [0.15, 0.2) is 34.1 Å². The van der Waals surface area contributed by atoms with Gasteiger partial charge in [0.2, 0.25) is 0 Å². The van der Waals surface area contributed by atoms with Crippen molar-refractivity contribution in [1.82, 2.24) is 5.32 Å². The Morgan fingerprint density at radius 1 is 1.24 bits per heavy atom. The third kappa shape index (κ3) is 3.82. The molecule has 1 aromatic heterocycles. The van der Waals surface area contributed by atoms with Crippen molar-refractivity contribution in [3.63, 3.8) is 0 Å². The van der Waals surface area contributed by atoms with E-state index in [2.05, 4.69) is 21.2 Å². The lowest BCUT2D eigenvalue weighted by molar-refractivity contribution is -0.140. The Kier molecular flexibility index (Phi) is 4.67. The second kappa shape index (κ2) is 6.15. The Bertz CT molecular complexity index is 668. The van der Waals surface area contributed by atoms with Crippen LogP contribution in [0.2, 0.25) is 0 Å². The molecule has 1 amide bonds. The van der Waals surface area contributed by atoms with Gasteiger partial charge in [-0.3, -0.25) is 4.79 Å². The molecule has 0 atom stereocenters. The molecule has 0 fully saturated rings. The molecule has 2 aromatic rings. The van der Waals surface area contributed by atoms with E-state index in [4.69, 9.17) is 0 Å². The number of halogens is 5. The van der Waals surface area contributed by atoms with E-state index in [0.29, 0.717) is 6.07 Å². The topological polar surface area (TPSA) is 29.1 Å². The normalized spacial score (nSPS) is 11.5. The van der Waals surface area contributed by atoms with E-state index in [1.807, 2.05) is 0 Å². The van der Waals surface area contributed by atoms with Crippen LogP contribution in [-0.2, 0) is 12.7 Å². The van der Waals surface area contributed by atoms with Crippen LogP contribution in [0.3, 0.4) is 0 Å². The summed E-state index contributed by atoms with van der Waals surface area (Å²) in [6.07, 6.45) is -4.83. The Morgan fingerprint density at radius 3 is 2.52 bits per heavy atom. The Labute approximate surface area is 129 Å². The minimum Gasteiger partial charge on any atom is -0.347 e. The average Bonchev–Trinajstić information content (AvgIpc) is 2.80. The minimum absolute atomic E-state index is 0.116. The molecule has 2 rings (SSSR count). The molecule has 0 saturated carbocycles. The third-order valence-corrected chi connectivity index (χ3v) is 4.22. The van der Waals surface area contributed by atoms with Gasteiger partial charge in [-0.1, -0.05) is 6.07 Å². The summed E-state index contributed by atoms with van der Waals surface area (Å²) in [5, 5.41) is 2.39. The molecule has 0 radical (unpaired) electrons. The van der Waals surface area contributed by atoms with E-state index in [9.17, 15) is 22.4 Å². The summed E-state index contributed by atoms with van der Waals surface area (Å²) < 4.78 is 52.3. The fraction of sp³-hybridized carbons (Fsp3) is 0.154. The van der Waals surface area contributed by atoms with Crippen LogP contribution in [0, 0.1) is 5.82 Å². The second-order valence-electron chi connectivity index (χ2n) is 4.05. The Morgan fingerprint density at radius 2 is 1.95 bits per heavy atom. The number of carbonyl (C=O) groups is 1. The van der Waals surface area contributed by atoms with Gasteiger partial charge >= 0.3 is 6.18 Å². The van der Waals surface area contributed by atoms with Crippen LogP contribution in [0.1, 0.15) is 20.8 Å². The SMILES string of the molecule is O=C(NCc1ccc(Br)s1)c1cccc(C(F)(F)F)c1F. The Hall–Kier alpha value is -1.41. The van der Waals surface area contributed by atoms with Crippen molar-refractivity contribution >= 4 is 33.2 Å². The average molecular weight is 382 g/mol. The van der Waals surface area contributed by atoms with E-state index in [1.165, 1.54) is 11.3 Å². The molecule has 0 aliphatic heterocycles. The first-order chi connectivity index (χ1) is 9.79. The molecule has 0 saturated heterocycles. The highest BCUT2D eigenvalue weighted by molar-refractivity contribution is 9.11. The van der Waals surface area contributed by atoms with E-state index in [0.717, 1.165) is 20.8 Å². The van der Waals surface area contributed by atoms with E-state index >= 15 is 0 Å². The van der Waals surface area contributed by atoms with Crippen molar-refractivity contribution < 1.29 is 22.4 Å². The quantitative estimate of drug-likeness (QED) is 0.773. The molecule has 112 valence electrons. The number of hydrogen-bond donors (Lipinski definition) is 1. The number of carbonyl (C=O) groups excluding carboxylic acids is 1. The molecule has 0 aliphatic rings. The molecule has 0 aliphatic carbocycles. The number of thiophene rings is 1. The second-order valence-corrected chi connectivity index (χ2v) is 6.60.